The predicted octanol–water partition coefficient (Wildman–Crippen LogP) is -3.54. The van der Waals surface area contributed by atoms with Gasteiger partial charge in [-0.15, -0.1) is 0 Å². The minimum absolute atomic E-state index is 0.0737. The van der Waals surface area contributed by atoms with Crippen LogP contribution in [0, 0.1) is 49.9 Å². The fraction of sp³-hybridized carbons (Fsp3) is 0.500. The zero-order valence-electron chi connectivity index (χ0n) is 54.4. The first kappa shape index (κ1) is 90.1. The molecular formula is C60H69I9N12O24. The highest BCUT2D eigenvalue weighted by atomic mass is 127. The van der Waals surface area contributed by atoms with Gasteiger partial charge in [0.05, 0.1) is 148 Å². The van der Waals surface area contributed by atoms with Crippen LogP contribution in [0.25, 0.3) is 0 Å². The van der Waals surface area contributed by atoms with E-state index in [0.717, 1.165) is 15.0 Å². The molecule has 3 aliphatic carbocycles. The summed E-state index contributed by atoms with van der Waals surface area (Å²) in [6, 6.07) is 0. The minimum Gasteiger partial charge on any atom is -0.394 e. The van der Waals surface area contributed by atoms with Gasteiger partial charge in [0, 0.05) is 109 Å². The number of carbonyl (C=O) groups excluding carboxylic acids is 12. The van der Waals surface area contributed by atoms with Crippen molar-refractivity contribution in [2.24, 2.45) is 17.8 Å². The SMILES string of the molecule is O=C(NCC(O)CO)c1c(I)c(C(=O)NCC(O)CO)c(I)c(N(C(=O)C2CC2=O)N2CCN(N(C(=O)C3CC3=O)c3c(I)c(C(=O)NCC(O)CO)c(I)c(C(=O)NCC(O)CO)c3I)CCN(N(C(=O)C3CC3=O)c3c(I)c(C(=O)NCC(O)CO)c(I)c(C(=O)NCC(O)CO)c3I)CC2)c1I. The molecule has 1 heterocycles. The lowest BCUT2D eigenvalue weighted by Gasteiger charge is -2.40. The summed E-state index contributed by atoms with van der Waals surface area (Å²) in [5, 5.41) is 143. The second kappa shape index (κ2) is 40.6. The summed E-state index contributed by atoms with van der Waals surface area (Å²) in [6.07, 6.45) is -10.1. The molecule has 3 saturated carbocycles. The number of benzene rings is 3. The minimum atomic E-state index is -1.51. The van der Waals surface area contributed by atoms with Gasteiger partial charge in [-0.2, -0.15) is 0 Å². The van der Waals surface area contributed by atoms with Crippen molar-refractivity contribution >= 4 is 291 Å². The molecule has 3 aromatic rings. The molecular weight excluding hydrogens is 2410 g/mol. The number of carbonyl (C=O) groups is 12. The maximum atomic E-state index is 15.8. The Morgan fingerprint density at radius 2 is 0.448 bits per heavy atom. The van der Waals surface area contributed by atoms with Crippen LogP contribution in [0.4, 0.5) is 17.1 Å². The van der Waals surface area contributed by atoms with E-state index in [1.54, 1.807) is 203 Å². The van der Waals surface area contributed by atoms with Gasteiger partial charge >= 0.3 is 0 Å². The number of aliphatic hydroxyl groups is 12. The first-order valence-corrected chi connectivity index (χ1v) is 41.2. The van der Waals surface area contributed by atoms with Crippen molar-refractivity contribution in [3.8, 4) is 0 Å². The summed E-state index contributed by atoms with van der Waals surface area (Å²) < 4.78 is -0.790. The molecule has 45 heteroatoms. The summed E-state index contributed by atoms with van der Waals surface area (Å²) in [6.45, 7) is -11.3. The number of anilines is 3. The van der Waals surface area contributed by atoms with Crippen LogP contribution in [0.15, 0.2) is 0 Å². The Morgan fingerprint density at radius 1 is 0.305 bits per heavy atom. The van der Waals surface area contributed by atoms with Crippen molar-refractivity contribution in [2.45, 2.75) is 55.9 Å². The molecule has 9 unspecified atom stereocenters. The first-order chi connectivity index (χ1) is 49.6. The maximum absolute atomic E-state index is 15.8. The fourth-order valence-corrected chi connectivity index (χ4v) is 24.0. The normalized spacial score (nSPS) is 18.6. The number of amides is 9. The monoisotopic (exact) mass is 2480 g/mol. The number of nitrogens with zero attached hydrogens (tertiary/aromatic N) is 6. The highest BCUT2D eigenvalue weighted by Gasteiger charge is 2.52. The van der Waals surface area contributed by atoms with Crippen molar-refractivity contribution < 1.29 is 119 Å². The Balaban J connectivity index is 1.62. The Morgan fingerprint density at radius 3 is 0.571 bits per heavy atom. The Hall–Kier alpha value is -2.13. The Kier molecular flexibility index (Phi) is 34.8. The number of ketones is 3. The molecule has 1 saturated heterocycles. The quantitative estimate of drug-likeness (QED) is 0.0207. The molecule has 0 spiro atoms. The molecule has 0 bridgehead atoms. The van der Waals surface area contributed by atoms with E-state index in [4.69, 9.17) is 0 Å². The van der Waals surface area contributed by atoms with Crippen molar-refractivity contribution in [2.75, 3.05) is 133 Å². The lowest BCUT2D eigenvalue weighted by Crippen LogP contribution is -2.55. The highest BCUT2D eigenvalue weighted by Crippen LogP contribution is 2.46. The third kappa shape index (κ3) is 21.6. The molecule has 3 aromatic carbocycles. The molecule has 1 aliphatic heterocycles. The van der Waals surface area contributed by atoms with E-state index in [2.05, 4.69) is 31.9 Å². The van der Waals surface area contributed by atoms with E-state index in [-0.39, 0.29) is 102 Å². The summed E-state index contributed by atoms with van der Waals surface area (Å²) in [7, 11) is 0. The van der Waals surface area contributed by atoms with Gasteiger partial charge < -0.3 is 93.2 Å². The maximum Gasteiger partial charge on any atom is 0.253 e. The van der Waals surface area contributed by atoms with E-state index >= 15 is 14.4 Å². The number of hydrogen-bond donors (Lipinski definition) is 18. The number of Topliss-reactive ketones (excluding diaryl/α,β-unsaturated/α-hetero) is 3. The third-order valence-corrected chi connectivity index (χ3v) is 25.8. The average molecular weight is 2480 g/mol. The van der Waals surface area contributed by atoms with Crippen LogP contribution < -0.4 is 46.9 Å². The van der Waals surface area contributed by atoms with Crippen molar-refractivity contribution in [1.82, 2.24) is 46.9 Å². The van der Waals surface area contributed by atoms with Crippen LogP contribution >= 0.6 is 203 Å². The lowest BCUT2D eigenvalue weighted by molar-refractivity contribution is -0.127. The topological polar surface area (TPSA) is 539 Å². The van der Waals surface area contributed by atoms with Gasteiger partial charge in [0.1, 0.15) is 35.1 Å². The van der Waals surface area contributed by atoms with Crippen LogP contribution in [0.3, 0.4) is 0 Å². The van der Waals surface area contributed by atoms with Crippen LogP contribution in [-0.2, 0) is 28.8 Å². The third-order valence-electron chi connectivity index (χ3n) is 16.3. The molecule has 576 valence electrons. The molecule has 9 atom stereocenters. The van der Waals surface area contributed by atoms with Gasteiger partial charge in [-0.1, -0.05) is 0 Å². The molecule has 36 nitrogen and oxygen atoms in total. The van der Waals surface area contributed by atoms with Crippen LogP contribution in [0.2, 0.25) is 0 Å². The van der Waals surface area contributed by atoms with Crippen LogP contribution in [-0.4, -0.2) is 302 Å². The summed E-state index contributed by atoms with van der Waals surface area (Å²) in [5.74, 6) is -14.8. The van der Waals surface area contributed by atoms with Gasteiger partial charge in [0.15, 0.2) is 0 Å². The molecule has 0 radical (unpaired) electrons. The van der Waals surface area contributed by atoms with Crippen molar-refractivity contribution in [3.63, 3.8) is 0 Å². The van der Waals surface area contributed by atoms with Crippen LogP contribution in [0.1, 0.15) is 81.4 Å². The highest BCUT2D eigenvalue weighted by molar-refractivity contribution is 14.1. The van der Waals surface area contributed by atoms with Gasteiger partial charge in [-0.25, -0.2) is 30.1 Å². The van der Waals surface area contributed by atoms with E-state index < -0.39 is 243 Å². The summed E-state index contributed by atoms with van der Waals surface area (Å²) in [4.78, 5) is 176. The Labute approximate surface area is 719 Å². The Bertz CT molecular complexity index is 3380. The summed E-state index contributed by atoms with van der Waals surface area (Å²) in [5.41, 5.74) is -2.66. The zero-order chi connectivity index (χ0) is 78.1. The molecule has 105 heavy (non-hydrogen) atoms. The van der Waals surface area contributed by atoms with E-state index in [1.807, 2.05) is 0 Å². The molecule has 4 aliphatic rings. The number of aliphatic hydroxyl groups excluding tert-OH is 12. The number of nitrogens with one attached hydrogen (secondary N) is 6. The average Bonchev–Trinajstić information content (AvgIpc) is 1.71. The molecule has 18 N–H and O–H groups in total. The van der Waals surface area contributed by atoms with Gasteiger partial charge in [0.2, 0.25) is 0 Å². The number of hydrogen-bond acceptors (Lipinski definition) is 27. The van der Waals surface area contributed by atoms with E-state index in [9.17, 15) is 104 Å². The standard InChI is InChI=1S/C60H69I9N12O24/c61-40-34(52(97)70-10-22(88)16-82)43(64)49(44(65)35(40)53(98)71-11-23(89)17-83)79(58(103)28-7-31(28)94)76-1-2-77(80(59(104)29-8-32(29)95)50-45(66)36(54(99)72-12-24(90)18-84)41(62)37(46(50)67)55(100)73-13-25(91)19-85)5-6-78(4-3-76)81(60(105)30-9-33(30)96)51-47(68)38(56(101)74-14-26(92)20-86)42(63)39(48(51)69)57(102)75-15-27(93)21-87/h22-30,82-93H,1-21H2,(H,70,97)(H,71,98)(H,72,99)(H,73,100)(H,74,101)(H,75,102). The number of halogens is 9. The smallest absolute Gasteiger partial charge is 0.253 e. The molecule has 0 aromatic heterocycles. The fourth-order valence-electron chi connectivity index (χ4n) is 10.2. The first-order valence-electron chi connectivity index (χ1n) is 31.5. The largest absolute Gasteiger partial charge is 0.394 e. The van der Waals surface area contributed by atoms with Gasteiger partial charge in [0.25, 0.3) is 53.2 Å². The molecule has 4 fully saturated rings. The zero-order valence-corrected chi connectivity index (χ0v) is 73.8. The second-order valence-corrected chi connectivity index (χ2v) is 33.6. The molecule has 9 amide bonds. The van der Waals surface area contributed by atoms with Crippen molar-refractivity contribution in [3.05, 3.63) is 65.5 Å². The second-order valence-electron chi connectivity index (χ2n) is 23.9. The lowest BCUT2D eigenvalue weighted by atomic mass is 10.1. The van der Waals surface area contributed by atoms with Gasteiger partial charge in [-0.05, 0) is 203 Å². The predicted molar refractivity (Wildman–Crippen MR) is 443 cm³/mol. The van der Waals surface area contributed by atoms with Gasteiger partial charge in [-0.3, -0.25) is 57.5 Å². The van der Waals surface area contributed by atoms with E-state index in [0.29, 0.717) is 0 Å². The number of rotatable bonds is 33. The number of hydrazine groups is 3. The van der Waals surface area contributed by atoms with Crippen molar-refractivity contribution in [1.29, 1.82) is 0 Å². The van der Waals surface area contributed by atoms with Crippen LogP contribution in [0.5, 0.6) is 0 Å². The summed E-state index contributed by atoms with van der Waals surface area (Å²) >= 11 is 15.5. The molecule has 7 rings (SSSR count). The van der Waals surface area contributed by atoms with E-state index in [1.165, 1.54) is 15.0 Å².